The average Bonchev–Trinajstić information content (AvgIpc) is 2.98. The molecule has 86 valence electrons. The van der Waals surface area contributed by atoms with Gasteiger partial charge in [0, 0.05) is 16.7 Å². The van der Waals surface area contributed by atoms with Crippen LogP contribution < -0.4 is 5.73 Å². The van der Waals surface area contributed by atoms with Gasteiger partial charge in [-0.3, -0.25) is 0 Å². The lowest BCUT2D eigenvalue weighted by Crippen LogP contribution is -2.23. The molecule has 1 aliphatic rings. The van der Waals surface area contributed by atoms with Crippen LogP contribution in [0.15, 0.2) is 36.1 Å². The van der Waals surface area contributed by atoms with E-state index in [1.54, 1.807) is 0 Å². The lowest BCUT2D eigenvalue weighted by molar-refractivity contribution is 0.436. The minimum Gasteiger partial charge on any atom is -0.402 e. The molecule has 1 atom stereocenters. The molecule has 0 saturated heterocycles. The van der Waals surface area contributed by atoms with E-state index in [1.165, 1.54) is 12.8 Å². The standard InChI is InChI=1S/C15H21N/c1-6-7-11(2)15(5,14-8-9-14)12(3)10-13(4)16/h10,14H,2-3,8-9,16H2,1,4-5H3/b13-10-. The van der Waals surface area contributed by atoms with E-state index < -0.39 is 0 Å². The summed E-state index contributed by atoms with van der Waals surface area (Å²) in [5, 5.41) is 0. The van der Waals surface area contributed by atoms with E-state index in [2.05, 4.69) is 31.9 Å². The molecule has 16 heavy (non-hydrogen) atoms. The van der Waals surface area contributed by atoms with Gasteiger partial charge in [0.05, 0.1) is 0 Å². The Bertz CT molecular complexity index is 395. The van der Waals surface area contributed by atoms with E-state index in [0.717, 1.165) is 16.8 Å². The summed E-state index contributed by atoms with van der Waals surface area (Å²) in [5.74, 6) is 6.64. The third-order valence-electron chi connectivity index (χ3n) is 3.37. The van der Waals surface area contributed by atoms with E-state index >= 15 is 0 Å². The van der Waals surface area contributed by atoms with Crippen molar-refractivity contribution in [3.63, 3.8) is 0 Å². The molecule has 2 N–H and O–H groups in total. The summed E-state index contributed by atoms with van der Waals surface area (Å²) in [5.41, 5.74) is 8.39. The van der Waals surface area contributed by atoms with E-state index in [1.807, 2.05) is 19.9 Å². The van der Waals surface area contributed by atoms with Gasteiger partial charge in [-0.05, 0) is 44.3 Å². The molecule has 1 rings (SSSR count). The first kappa shape index (κ1) is 12.6. The Kier molecular flexibility index (Phi) is 3.65. The van der Waals surface area contributed by atoms with Crippen LogP contribution in [0.1, 0.15) is 33.6 Å². The maximum atomic E-state index is 5.72. The minimum absolute atomic E-state index is 0.107. The lowest BCUT2D eigenvalue weighted by Gasteiger charge is -2.30. The zero-order valence-electron chi connectivity index (χ0n) is 10.6. The quantitative estimate of drug-likeness (QED) is 0.564. The largest absolute Gasteiger partial charge is 0.402 e. The molecule has 1 aliphatic carbocycles. The maximum Gasteiger partial charge on any atom is 0.0271 e. The van der Waals surface area contributed by atoms with Crippen molar-refractivity contribution in [3.8, 4) is 11.8 Å². The van der Waals surface area contributed by atoms with Gasteiger partial charge in [-0.25, -0.2) is 0 Å². The highest BCUT2D eigenvalue weighted by molar-refractivity contribution is 5.44. The van der Waals surface area contributed by atoms with E-state index in [0.29, 0.717) is 5.92 Å². The molecule has 1 heteroatoms. The van der Waals surface area contributed by atoms with Gasteiger partial charge in [-0.15, -0.1) is 5.92 Å². The molecule has 0 aromatic rings. The van der Waals surface area contributed by atoms with E-state index in [4.69, 9.17) is 5.73 Å². The summed E-state index contributed by atoms with van der Waals surface area (Å²) < 4.78 is 0. The predicted octanol–water partition coefficient (Wildman–Crippen LogP) is 3.40. The molecular formula is C15H21N. The second-order valence-electron chi connectivity index (χ2n) is 4.74. The van der Waals surface area contributed by atoms with Gasteiger partial charge in [-0.2, -0.15) is 0 Å². The van der Waals surface area contributed by atoms with Crippen molar-refractivity contribution in [3.05, 3.63) is 36.1 Å². The summed E-state index contributed by atoms with van der Waals surface area (Å²) in [6, 6.07) is 0. The zero-order chi connectivity index (χ0) is 12.3. The molecule has 0 amide bonds. The normalized spacial score (nSPS) is 19.3. The third-order valence-corrected chi connectivity index (χ3v) is 3.37. The highest BCUT2D eigenvalue weighted by Gasteiger charge is 2.44. The fourth-order valence-electron chi connectivity index (χ4n) is 2.07. The number of rotatable bonds is 4. The van der Waals surface area contributed by atoms with E-state index in [9.17, 15) is 0 Å². The Morgan fingerprint density at radius 1 is 1.44 bits per heavy atom. The van der Waals surface area contributed by atoms with Gasteiger partial charge in [0.2, 0.25) is 0 Å². The van der Waals surface area contributed by atoms with Crippen LogP contribution in [0.3, 0.4) is 0 Å². The minimum atomic E-state index is -0.107. The zero-order valence-corrected chi connectivity index (χ0v) is 10.6. The summed E-state index contributed by atoms with van der Waals surface area (Å²) >= 11 is 0. The average molecular weight is 215 g/mol. The molecule has 0 aromatic heterocycles. The molecule has 0 heterocycles. The van der Waals surface area contributed by atoms with Gasteiger partial charge < -0.3 is 5.73 Å². The molecule has 0 aromatic carbocycles. The molecule has 1 unspecified atom stereocenters. The van der Waals surface area contributed by atoms with E-state index in [-0.39, 0.29) is 5.41 Å². The number of hydrogen-bond acceptors (Lipinski definition) is 1. The summed E-state index contributed by atoms with van der Waals surface area (Å²) in [7, 11) is 0. The number of nitrogens with two attached hydrogens (primary N) is 1. The first-order chi connectivity index (χ1) is 7.42. The van der Waals surface area contributed by atoms with Crippen molar-refractivity contribution in [1.29, 1.82) is 0 Å². The van der Waals surface area contributed by atoms with Gasteiger partial charge in [-0.1, -0.05) is 26.0 Å². The van der Waals surface area contributed by atoms with Crippen LogP contribution in [-0.4, -0.2) is 0 Å². The van der Waals surface area contributed by atoms with Gasteiger partial charge in [0.25, 0.3) is 0 Å². The van der Waals surface area contributed by atoms with Crippen molar-refractivity contribution in [2.75, 3.05) is 0 Å². The summed E-state index contributed by atoms with van der Waals surface area (Å²) in [6.07, 6.45) is 4.41. The smallest absolute Gasteiger partial charge is 0.0271 e. The van der Waals surface area contributed by atoms with Crippen LogP contribution in [0, 0.1) is 23.2 Å². The lowest BCUT2D eigenvalue weighted by atomic mass is 9.72. The van der Waals surface area contributed by atoms with Crippen molar-refractivity contribution in [1.82, 2.24) is 0 Å². The first-order valence-corrected chi connectivity index (χ1v) is 5.68. The monoisotopic (exact) mass is 215 g/mol. The van der Waals surface area contributed by atoms with Crippen molar-refractivity contribution in [2.24, 2.45) is 17.1 Å². The van der Waals surface area contributed by atoms with Crippen LogP contribution in [0.25, 0.3) is 0 Å². The molecule has 0 aliphatic heterocycles. The van der Waals surface area contributed by atoms with Crippen molar-refractivity contribution < 1.29 is 0 Å². The Balaban J connectivity index is 3.04. The molecular weight excluding hydrogens is 194 g/mol. The van der Waals surface area contributed by atoms with Crippen molar-refractivity contribution >= 4 is 0 Å². The number of allylic oxidation sites excluding steroid dienone is 4. The third kappa shape index (κ3) is 2.39. The molecule has 1 saturated carbocycles. The fraction of sp³-hybridized carbons (Fsp3) is 0.467. The number of hydrogen-bond donors (Lipinski definition) is 1. The Labute approximate surface area is 99.1 Å². The summed E-state index contributed by atoms with van der Waals surface area (Å²) in [4.78, 5) is 0. The van der Waals surface area contributed by atoms with Crippen LogP contribution >= 0.6 is 0 Å². The van der Waals surface area contributed by atoms with Gasteiger partial charge >= 0.3 is 0 Å². The highest BCUT2D eigenvalue weighted by Crippen LogP contribution is 2.53. The SMILES string of the molecule is C=C(C#CC)C(C)(C(=C)/C=C(/C)N)C1CC1. The van der Waals surface area contributed by atoms with Crippen LogP contribution in [0.5, 0.6) is 0 Å². The summed E-state index contributed by atoms with van der Waals surface area (Å²) in [6.45, 7) is 14.1. The first-order valence-electron chi connectivity index (χ1n) is 5.68. The van der Waals surface area contributed by atoms with Crippen molar-refractivity contribution in [2.45, 2.75) is 33.6 Å². The second-order valence-corrected chi connectivity index (χ2v) is 4.74. The topological polar surface area (TPSA) is 26.0 Å². The molecule has 1 nitrogen and oxygen atoms in total. The van der Waals surface area contributed by atoms with Crippen LogP contribution in [-0.2, 0) is 0 Å². The molecule has 1 fully saturated rings. The predicted molar refractivity (Wildman–Crippen MR) is 70.5 cm³/mol. The Morgan fingerprint density at radius 3 is 2.38 bits per heavy atom. The molecule has 0 spiro atoms. The van der Waals surface area contributed by atoms with Crippen LogP contribution in [0.4, 0.5) is 0 Å². The molecule has 0 bridgehead atoms. The highest BCUT2D eigenvalue weighted by atomic mass is 14.6. The van der Waals surface area contributed by atoms with Crippen LogP contribution in [0.2, 0.25) is 0 Å². The molecule has 0 radical (unpaired) electrons. The Hall–Kier alpha value is -1.42. The maximum absolute atomic E-state index is 5.72. The van der Waals surface area contributed by atoms with Gasteiger partial charge in [0.1, 0.15) is 0 Å². The Morgan fingerprint density at radius 2 is 2.00 bits per heavy atom. The van der Waals surface area contributed by atoms with Gasteiger partial charge in [0.15, 0.2) is 0 Å². The second kappa shape index (κ2) is 4.61. The fourth-order valence-corrected chi connectivity index (χ4v) is 2.07.